The fourth-order valence-corrected chi connectivity index (χ4v) is 6.27. The molecule has 1 aliphatic carbocycles. The largest absolute Gasteiger partial charge is 0.760 e. The number of nitrogens with zero attached hydrogens (tertiary/aromatic N) is 4. The van der Waals surface area contributed by atoms with Crippen molar-refractivity contribution in [2.45, 2.75) is 57.3 Å². The third kappa shape index (κ3) is 6.91. The minimum atomic E-state index is -2.53. The third-order valence-corrected chi connectivity index (χ3v) is 8.76. The molecular formula is C32H35F2N6O4S-. The summed E-state index contributed by atoms with van der Waals surface area (Å²) in [7, 11) is 0. The molecule has 4 aromatic rings. The molecule has 2 aromatic heterocycles. The van der Waals surface area contributed by atoms with Crippen molar-refractivity contribution in [3.05, 3.63) is 60.0 Å². The standard InChI is InChI=1S/C32H36F2N6O4S/c1-19-18-43-14-13-40(19)32-25-15-21(23-7-4-8-24(29(23)34)26(33)11-12-37-45(41)42)16-27(44-22-5-2-3-6-22)30(25)38-31(39-32)20-9-10-28(35)36-17-20/h4,7-10,15-17,19,22,26,37H,2-3,5-6,11-14,18H2,1H3,(H2,35,36)(H,41,42)/p-1. The Bertz CT molecular complexity index is 1690. The molecule has 45 heavy (non-hydrogen) atoms. The maximum atomic E-state index is 16.1. The van der Waals surface area contributed by atoms with Gasteiger partial charge in [-0.1, -0.05) is 18.2 Å². The summed E-state index contributed by atoms with van der Waals surface area (Å²) in [6, 6.07) is 11.7. The van der Waals surface area contributed by atoms with Crippen LogP contribution in [0.25, 0.3) is 33.4 Å². The zero-order valence-corrected chi connectivity index (χ0v) is 25.7. The third-order valence-electron chi connectivity index (χ3n) is 8.32. The quantitative estimate of drug-likeness (QED) is 0.219. The van der Waals surface area contributed by atoms with Crippen molar-refractivity contribution in [1.29, 1.82) is 0 Å². The predicted molar refractivity (Wildman–Crippen MR) is 168 cm³/mol. The van der Waals surface area contributed by atoms with Crippen molar-refractivity contribution in [2.75, 3.05) is 36.9 Å². The number of alkyl halides is 1. The Morgan fingerprint density at radius 3 is 2.76 bits per heavy atom. The Hall–Kier alpha value is -3.78. The Kier molecular flexibility index (Phi) is 9.50. The van der Waals surface area contributed by atoms with E-state index in [0.717, 1.165) is 25.7 Å². The van der Waals surface area contributed by atoms with Gasteiger partial charge in [-0.05, 0) is 68.9 Å². The average molecular weight is 638 g/mol. The molecule has 3 unspecified atom stereocenters. The van der Waals surface area contributed by atoms with Crippen LogP contribution in [-0.2, 0) is 16.0 Å². The van der Waals surface area contributed by atoms with E-state index in [9.17, 15) is 8.76 Å². The number of hydrogen-bond acceptors (Lipinski definition) is 9. The predicted octanol–water partition coefficient (Wildman–Crippen LogP) is 5.41. The van der Waals surface area contributed by atoms with E-state index in [0.29, 0.717) is 65.0 Å². The number of aromatic nitrogens is 3. The summed E-state index contributed by atoms with van der Waals surface area (Å²) in [5.74, 6) is 1.26. The van der Waals surface area contributed by atoms with Gasteiger partial charge in [-0.3, -0.25) is 4.21 Å². The zero-order valence-electron chi connectivity index (χ0n) is 24.9. The summed E-state index contributed by atoms with van der Waals surface area (Å²) >= 11 is -2.53. The molecule has 0 radical (unpaired) electrons. The molecule has 10 nitrogen and oxygen atoms in total. The van der Waals surface area contributed by atoms with E-state index in [1.807, 2.05) is 12.1 Å². The number of fused-ring (bicyclic) bond motifs is 1. The van der Waals surface area contributed by atoms with Gasteiger partial charge >= 0.3 is 0 Å². The molecule has 3 N–H and O–H groups in total. The highest BCUT2D eigenvalue weighted by molar-refractivity contribution is 7.77. The van der Waals surface area contributed by atoms with Crippen LogP contribution in [0.1, 0.15) is 50.8 Å². The highest BCUT2D eigenvalue weighted by Crippen LogP contribution is 2.41. The minimum Gasteiger partial charge on any atom is -0.760 e. The van der Waals surface area contributed by atoms with Crippen LogP contribution in [-0.4, -0.2) is 62.2 Å². The number of hydrogen-bond donors (Lipinski definition) is 2. The van der Waals surface area contributed by atoms with Gasteiger partial charge in [-0.15, -0.1) is 0 Å². The zero-order chi connectivity index (χ0) is 31.5. The lowest BCUT2D eigenvalue weighted by Gasteiger charge is -2.35. The van der Waals surface area contributed by atoms with Crippen LogP contribution in [0.2, 0.25) is 0 Å². The fraction of sp³-hybridized carbons (Fsp3) is 0.406. The summed E-state index contributed by atoms with van der Waals surface area (Å²) in [6.45, 7) is 3.52. The SMILES string of the molecule is CC1COCCN1c1nc(-c2ccc(N)nc2)nc2c(OC3CCCC3)cc(-c3cccc(C(F)CCNS(=O)[O-])c3F)cc12. The number of nitrogens with two attached hydrogens (primary N) is 1. The van der Waals surface area contributed by atoms with Crippen LogP contribution >= 0.6 is 0 Å². The van der Waals surface area contributed by atoms with Gasteiger partial charge in [0, 0.05) is 52.6 Å². The summed E-state index contributed by atoms with van der Waals surface area (Å²) in [6.07, 6.45) is 3.60. The number of nitrogens with one attached hydrogen (secondary N) is 1. The van der Waals surface area contributed by atoms with Crippen LogP contribution in [0.5, 0.6) is 5.75 Å². The molecule has 0 amide bonds. The second-order valence-electron chi connectivity index (χ2n) is 11.4. The van der Waals surface area contributed by atoms with Crippen molar-refractivity contribution < 1.29 is 27.0 Å². The number of anilines is 2. The van der Waals surface area contributed by atoms with Crippen molar-refractivity contribution in [3.63, 3.8) is 0 Å². The molecule has 1 aliphatic heterocycles. The van der Waals surface area contributed by atoms with Crippen molar-refractivity contribution in [3.8, 4) is 28.3 Å². The van der Waals surface area contributed by atoms with Gasteiger partial charge in [0.05, 0.1) is 25.4 Å². The maximum Gasteiger partial charge on any atom is 0.163 e. The number of pyridine rings is 1. The molecule has 2 fully saturated rings. The van der Waals surface area contributed by atoms with Crippen LogP contribution in [0.15, 0.2) is 48.7 Å². The molecule has 238 valence electrons. The second-order valence-corrected chi connectivity index (χ2v) is 12.2. The summed E-state index contributed by atoms with van der Waals surface area (Å²) in [5.41, 5.74) is 7.66. The molecule has 0 spiro atoms. The fourth-order valence-electron chi connectivity index (χ4n) is 5.98. The van der Waals surface area contributed by atoms with Crippen LogP contribution < -0.4 is 20.1 Å². The average Bonchev–Trinajstić information content (AvgIpc) is 3.54. The van der Waals surface area contributed by atoms with Crippen molar-refractivity contribution >= 4 is 33.8 Å². The van der Waals surface area contributed by atoms with Crippen molar-refractivity contribution in [2.24, 2.45) is 0 Å². The van der Waals surface area contributed by atoms with Crippen LogP contribution in [0, 0.1) is 5.82 Å². The minimum absolute atomic E-state index is 0.00141. The monoisotopic (exact) mass is 637 g/mol. The van der Waals surface area contributed by atoms with Crippen molar-refractivity contribution in [1.82, 2.24) is 19.7 Å². The summed E-state index contributed by atoms with van der Waals surface area (Å²) < 4.78 is 67.3. The van der Waals surface area contributed by atoms with Gasteiger partial charge in [-0.2, -0.15) is 0 Å². The molecule has 3 heterocycles. The van der Waals surface area contributed by atoms with E-state index in [2.05, 4.69) is 21.5 Å². The molecule has 1 saturated carbocycles. The van der Waals surface area contributed by atoms with Gasteiger partial charge in [0.15, 0.2) is 5.82 Å². The lowest BCUT2D eigenvalue weighted by atomic mass is 9.97. The normalized spacial score (nSPS) is 18.8. The Morgan fingerprint density at radius 1 is 1.20 bits per heavy atom. The Balaban J connectivity index is 1.52. The van der Waals surface area contributed by atoms with Gasteiger partial charge in [-0.25, -0.2) is 28.5 Å². The number of benzene rings is 2. The molecule has 0 bridgehead atoms. The lowest BCUT2D eigenvalue weighted by molar-refractivity contribution is 0.0987. The first kappa shape index (κ1) is 31.2. The number of ether oxygens (including phenoxy) is 2. The van der Waals surface area contributed by atoms with E-state index in [1.165, 1.54) is 6.07 Å². The van der Waals surface area contributed by atoms with E-state index in [1.54, 1.807) is 30.5 Å². The second kappa shape index (κ2) is 13.7. The Labute approximate surface area is 262 Å². The molecule has 2 aliphatic rings. The number of halogens is 2. The number of rotatable bonds is 10. The smallest absolute Gasteiger partial charge is 0.163 e. The lowest BCUT2D eigenvalue weighted by Crippen LogP contribution is -2.44. The number of nitrogen functional groups attached to an aromatic ring is 1. The highest BCUT2D eigenvalue weighted by atomic mass is 32.2. The van der Waals surface area contributed by atoms with Gasteiger partial charge < -0.3 is 24.7 Å². The van der Waals surface area contributed by atoms with E-state index in [-0.39, 0.29) is 36.2 Å². The first-order valence-electron chi connectivity index (χ1n) is 15.1. The van der Waals surface area contributed by atoms with Crippen LogP contribution in [0.3, 0.4) is 0 Å². The molecule has 6 rings (SSSR count). The molecule has 2 aromatic carbocycles. The maximum absolute atomic E-state index is 16.1. The Morgan fingerprint density at radius 2 is 2.02 bits per heavy atom. The van der Waals surface area contributed by atoms with Gasteiger partial charge in [0.25, 0.3) is 0 Å². The van der Waals surface area contributed by atoms with Gasteiger partial charge in [0.1, 0.15) is 34.9 Å². The van der Waals surface area contributed by atoms with E-state index in [4.69, 9.17) is 25.2 Å². The highest BCUT2D eigenvalue weighted by Gasteiger charge is 2.27. The molecular weight excluding hydrogens is 602 g/mol. The topological polar surface area (TPSA) is 139 Å². The first-order chi connectivity index (χ1) is 21.8. The first-order valence-corrected chi connectivity index (χ1v) is 16.2. The summed E-state index contributed by atoms with van der Waals surface area (Å²) in [5, 5.41) is 0.671. The van der Waals surface area contributed by atoms with Crippen LogP contribution in [0.4, 0.5) is 20.4 Å². The van der Waals surface area contributed by atoms with E-state index < -0.39 is 23.3 Å². The molecule has 3 atom stereocenters. The summed E-state index contributed by atoms with van der Waals surface area (Å²) in [4.78, 5) is 16.4. The van der Waals surface area contributed by atoms with E-state index >= 15 is 8.78 Å². The molecule has 1 saturated heterocycles. The molecule has 13 heteroatoms. The van der Waals surface area contributed by atoms with Gasteiger partial charge in [0.2, 0.25) is 0 Å². The number of morpholine rings is 1.